The quantitative estimate of drug-likeness (QED) is 0.448. The summed E-state index contributed by atoms with van der Waals surface area (Å²) in [5.74, 6) is 0.596. The fourth-order valence-corrected chi connectivity index (χ4v) is 3.54. The molecule has 1 atom stereocenters. The Morgan fingerprint density at radius 2 is 1.72 bits per heavy atom. The molecule has 6 heteroatoms. The lowest BCUT2D eigenvalue weighted by Gasteiger charge is -2.29. The number of methoxy groups -OCH3 is 1. The van der Waals surface area contributed by atoms with Crippen molar-refractivity contribution in [1.29, 1.82) is 0 Å². The van der Waals surface area contributed by atoms with Crippen molar-refractivity contribution in [3.05, 3.63) is 95.6 Å². The maximum atomic E-state index is 12.2. The van der Waals surface area contributed by atoms with E-state index in [9.17, 15) is 9.59 Å². The highest BCUT2D eigenvalue weighted by Crippen LogP contribution is 2.27. The van der Waals surface area contributed by atoms with Crippen LogP contribution in [0.4, 0.5) is 5.69 Å². The Morgan fingerprint density at radius 3 is 2.38 bits per heavy atom. The molecule has 0 bridgehead atoms. The van der Waals surface area contributed by atoms with Crippen LogP contribution in [0.15, 0.2) is 78.9 Å². The summed E-state index contributed by atoms with van der Waals surface area (Å²) >= 11 is 0. The summed E-state index contributed by atoms with van der Waals surface area (Å²) in [4.78, 5) is 25.9. The third-order valence-corrected chi connectivity index (χ3v) is 5.33. The number of ether oxygens (including phenoxy) is 1. The minimum Gasteiger partial charge on any atom is -0.497 e. The molecule has 1 unspecified atom stereocenters. The van der Waals surface area contributed by atoms with E-state index in [0.717, 1.165) is 29.0 Å². The summed E-state index contributed by atoms with van der Waals surface area (Å²) < 4.78 is 5.23. The third-order valence-electron chi connectivity index (χ3n) is 5.33. The minimum atomic E-state index is -0.390. The predicted octanol–water partition coefficient (Wildman–Crippen LogP) is 4.14. The number of hydrogen-bond acceptors (Lipinski definition) is 4. The van der Waals surface area contributed by atoms with Gasteiger partial charge in [-0.1, -0.05) is 54.6 Å². The summed E-state index contributed by atoms with van der Waals surface area (Å²) in [5.41, 5.74) is 4.02. The van der Waals surface area contributed by atoms with E-state index in [-0.39, 0.29) is 18.4 Å². The van der Waals surface area contributed by atoms with E-state index >= 15 is 0 Å². The first kappa shape index (κ1) is 22.9. The Morgan fingerprint density at radius 1 is 1.00 bits per heavy atom. The third kappa shape index (κ3) is 6.35. The van der Waals surface area contributed by atoms with Gasteiger partial charge in [0.15, 0.2) is 0 Å². The van der Waals surface area contributed by atoms with Crippen molar-refractivity contribution in [1.82, 2.24) is 10.2 Å². The van der Waals surface area contributed by atoms with Crippen LogP contribution in [0.3, 0.4) is 0 Å². The van der Waals surface area contributed by atoms with E-state index in [0.29, 0.717) is 13.1 Å². The smallest absolute Gasteiger partial charge is 0.222 e. The summed E-state index contributed by atoms with van der Waals surface area (Å²) in [6.45, 7) is 1.10. The van der Waals surface area contributed by atoms with Crippen LogP contribution in [0.5, 0.6) is 5.75 Å². The lowest BCUT2D eigenvalue weighted by molar-refractivity contribution is -0.125. The van der Waals surface area contributed by atoms with Crippen molar-refractivity contribution < 1.29 is 14.3 Å². The standard InChI is InChI=1S/C26H29N3O3/c1-27-26(31)16-25(22-11-13-24(32-2)14-12-22)29(19-30)18-21-9-6-10-23(15-21)28-17-20-7-4-3-5-8-20/h3-15,19,25,28H,16-18H2,1-2H3,(H,27,31). The number of rotatable bonds is 11. The molecule has 166 valence electrons. The molecule has 3 aromatic carbocycles. The van der Waals surface area contributed by atoms with E-state index in [2.05, 4.69) is 22.8 Å². The van der Waals surface area contributed by atoms with Gasteiger partial charge >= 0.3 is 0 Å². The molecule has 0 heterocycles. The summed E-state index contributed by atoms with van der Waals surface area (Å²) in [7, 11) is 3.20. The largest absolute Gasteiger partial charge is 0.497 e. The van der Waals surface area contributed by atoms with Crippen LogP contribution in [-0.2, 0) is 22.7 Å². The molecule has 3 rings (SSSR count). The van der Waals surface area contributed by atoms with Crippen LogP contribution in [0, 0.1) is 0 Å². The molecule has 32 heavy (non-hydrogen) atoms. The van der Waals surface area contributed by atoms with Gasteiger partial charge in [0.25, 0.3) is 0 Å². The monoisotopic (exact) mass is 431 g/mol. The summed E-state index contributed by atoms with van der Waals surface area (Å²) in [5, 5.41) is 6.08. The molecule has 2 N–H and O–H groups in total. The van der Waals surface area contributed by atoms with Gasteiger partial charge in [0.05, 0.1) is 19.6 Å². The van der Waals surface area contributed by atoms with Crippen molar-refractivity contribution in [2.75, 3.05) is 19.5 Å². The molecular formula is C26H29N3O3. The molecule has 6 nitrogen and oxygen atoms in total. The Hall–Kier alpha value is -3.80. The molecule has 0 saturated heterocycles. The lowest BCUT2D eigenvalue weighted by atomic mass is 10.0. The van der Waals surface area contributed by atoms with Gasteiger partial charge in [0, 0.05) is 25.8 Å². The minimum absolute atomic E-state index is 0.129. The van der Waals surface area contributed by atoms with Gasteiger partial charge in [0.2, 0.25) is 12.3 Å². The zero-order chi connectivity index (χ0) is 22.8. The maximum absolute atomic E-state index is 12.2. The number of carbonyl (C=O) groups is 2. The average Bonchev–Trinajstić information content (AvgIpc) is 2.85. The second kappa shape index (κ2) is 11.6. The van der Waals surface area contributed by atoms with Gasteiger partial charge in [-0.25, -0.2) is 0 Å². The van der Waals surface area contributed by atoms with Gasteiger partial charge in [-0.05, 0) is 41.0 Å². The number of carbonyl (C=O) groups excluding carboxylic acids is 2. The van der Waals surface area contributed by atoms with E-state index in [1.807, 2.05) is 66.7 Å². The van der Waals surface area contributed by atoms with Crippen LogP contribution >= 0.6 is 0 Å². The molecule has 0 aromatic heterocycles. The van der Waals surface area contributed by atoms with Crippen molar-refractivity contribution in [3.8, 4) is 5.75 Å². The zero-order valence-electron chi connectivity index (χ0n) is 18.5. The van der Waals surface area contributed by atoms with Gasteiger partial charge in [-0.3, -0.25) is 9.59 Å². The second-order valence-electron chi connectivity index (χ2n) is 7.48. The van der Waals surface area contributed by atoms with Crippen LogP contribution < -0.4 is 15.4 Å². The topological polar surface area (TPSA) is 70.7 Å². The number of anilines is 1. The zero-order valence-corrected chi connectivity index (χ0v) is 18.5. The van der Waals surface area contributed by atoms with Crippen molar-refractivity contribution in [3.63, 3.8) is 0 Å². The molecule has 3 aromatic rings. The fourth-order valence-electron chi connectivity index (χ4n) is 3.54. The summed E-state index contributed by atoms with van der Waals surface area (Å²) in [6.07, 6.45) is 0.982. The first-order chi connectivity index (χ1) is 15.6. The van der Waals surface area contributed by atoms with Crippen LogP contribution in [0.1, 0.15) is 29.2 Å². The molecule has 0 aliphatic carbocycles. The highest BCUT2D eigenvalue weighted by molar-refractivity contribution is 5.76. The van der Waals surface area contributed by atoms with Gasteiger partial charge in [-0.2, -0.15) is 0 Å². The molecule has 0 aliphatic rings. The second-order valence-corrected chi connectivity index (χ2v) is 7.48. The molecular weight excluding hydrogens is 402 g/mol. The molecule has 2 amide bonds. The number of benzene rings is 3. The molecule has 0 aliphatic heterocycles. The molecule has 0 fully saturated rings. The highest BCUT2D eigenvalue weighted by atomic mass is 16.5. The first-order valence-electron chi connectivity index (χ1n) is 10.5. The van der Waals surface area contributed by atoms with E-state index in [1.165, 1.54) is 5.56 Å². The van der Waals surface area contributed by atoms with Gasteiger partial charge in [-0.15, -0.1) is 0 Å². The van der Waals surface area contributed by atoms with E-state index in [4.69, 9.17) is 4.74 Å². The lowest BCUT2D eigenvalue weighted by Crippen LogP contribution is -2.32. The Balaban J connectivity index is 1.76. The maximum Gasteiger partial charge on any atom is 0.222 e. The number of nitrogens with zero attached hydrogens (tertiary/aromatic N) is 1. The van der Waals surface area contributed by atoms with Gasteiger partial charge in [0.1, 0.15) is 5.75 Å². The average molecular weight is 432 g/mol. The SMILES string of the molecule is CNC(=O)CC(c1ccc(OC)cc1)N(C=O)Cc1cccc(NCc2ccccc2)c1. The fraction of sp³-hybridized carbons (Fsp3) is 0.231. The van der Waals surface area contributed by atoms with Gasteiger partial charge < -0.3 is 20.3 Å². The Labute approximate surface area is 189 Å². The molecule has 0 radical (unpaired) electrons. The van der Waals surface area contributed by atoms with E-state index < -0.39 is 0 Å². The Kier molecular flexibility index (Phi) is 8.26. The number of nitrogens with one attached hydrogen (secondary N) is 2. The van der Waals surface area contributed by atoms with Crippen LogP contribution in [-0.4, -0.2) is 31.4 Å². The summed E-state index contributed by atoms with van der Waals surface area (Å²) in [6, 6.07) is 25.2. The highest BCUT2D eigenvalue weighted by Gasteiger charge is 2.22. The first-order valence-corrected chi connectivity index (χ1v) is 10.5. The van der Waals surface area contributed by atoms with Crippen molar-refractivity contribution >= 4 is 18.0 Å². The van der Waals surface area contributed by atoms with Crippen molar-refractivity contribution in [2.24, 2.45) is 0 Å². The molecule has 0 spiro atoms. The van der Waals surface area contributed by atoms with Crippen LogP contribution in [0.2, 0.25) is 0 Å². The predicted molar refractivity (Wildman–Crippen MR) is 126 cm³/mol. The van der Waals surface area contributed by atoms with Crippen molar-refractivity contribution in [2.45, 2.75) is 25.6 Å². The Bertz CT molecular complexity index is 1010. The van der Waals surface area contributed by atoms with E-state index in [1.54, 1.807) is 19.1 Å². The van der Waals surface area contributed by atoms with Crippen LogP contribution in [0.25, 0.3) is 0 Å². The molecule has 0 saturated carbocycles. The number of hydrogen-bond donors (Lipinski definition) is 2. The number of amides is 2. The normalized spacial score (nSPS) is 11.3.